The average Bonchev–Trinajstić information content (AvgIpc) is 3.03. The van der Waals surface area contributed by atoms with Crippen molar-refractivity contribution in [1.82, 2.24) is 10.2 Å². The van der Waals surface area contributed by atoms with Gasteiger partial charge in [0.1, 0.15) is 9.84 Å². The highest BCUT2D eigenvalue weighted by Gasteiger charge is 2.27. The first-order valence-electron chi connectivity index (χ1n) is 6.19. The summed E-state index contributed by atoms with van der Waals surface area (Å²) in [6.45, 7) is 1.14. The predicted octanol–water partition coefficient (Wildman–Crippen LogP) is -1.04. The van der Waals surface area contributed by atoms with Gasteiger partial charge in [-0.15, -0.1) is 0 Å². The third-order valence-electron chi connectivity index (χ3n) is 3.00. The number of nitrogens with two attached hydrogens (primary N) is 1. The first-order valence-corrected chi connectivity index (χ1v) is 8.25. The Bertz CT molecular complexity index is 379. The van der Waals surface area contributed by atoms with Crippen molar-refractivity contribution in [3.63, 3.8) is 0 Å². The van der Waals surface area contributed by atoms with Crippen molar-refractivity contribution < 1.29 is 13.2 Å². The van der Waals surface area contributed by atoms with Crippen LogP contribution in [-0.4, -0.2) is 63.5 Å². The number of hydrogen-bond acceptors (Lipinski definition) is 5. The lowest BCUT2D eigenvalue weighted by Gasteiger charge is -2.20. The number of carbonyl (C=O) groups is 1. The molecule has 0 bridgehead atoms. The summed E-state index contributed by atoms with van der Waals surface area (Å²) in [5, 5.41) is 3.20. The van der Waals surface area contributed by atoms with Crippen molar-refractivity contribution in [2.45, 2.75) is 31.3 Å². The lowest BCUT2D eigenvalue weighted by atomic mass is 10.2. The molecule has 0 aromatic heterocycles. The lowest BCUT2D eigenvalue weighted by molar-refractivity contribution is -0.120. The molecule has 7 heteroatoms. The second kappa shape index (κ2) is 6.49. The number of amides is 1. The maximum atomic E-state index is 11.2. The smallest absolute Gasteiger partial charge is 0.234 e. The molecule has 0 aromatic carbocycles. The lowest BCUT2D eigenvalue weighted by Crippen LogP contribution is -2.44. The van der Waals surface area contributed by atoms with Crippen molar-refractivity contribution in [2.24, 2.45) is 5.73 Å². The second-order valence-electron chi connectivity index (χ2n) is 5.12. The van der Waals surface area contributed by atoms with E-state index in [0.29, 0.717) is 25.6 Å². The highest BCUT2D eigenvalue weighted by Crippen LogP contribution is 2.19. The second-order valence-corrected chi connectivity index (χ2v) is 7.38. The molecule has 1 saturated carbocycles. The van der Waals surface area contributed by atoms with Gasteiger partial charge in [0.15, 0.2) is 0 Å². The molecular formula is C11H23N3O3S. The zero-order chi connectivity index (χ0) is 13.8. The van der Waals surface area contributed by atoms with Crippen LogP contribution in [0.25, 0.3) is 0 Å². The maximum absolute atomic E-state index is 11.2. The summed E-state index contributed by atoms with van der Waals surface area (Å²) >= 11 is 0. The highest BCUT2D eigenvalue weighted by atomic mass is 32.2. The third-order valence-corrected chi connectivity index (χ3v) is 3.93. The Morgan fingerprint density at radius 1 is 1.44 bits per heavy atom. The Hall–Kier alpha value is -0.660. The first-order chi connectivity index (χ1) is 8.28. The van der Waals surface area contributed by atoms with Crippen LogP contribution in [0, 0.1) is 0 Å². The Morgan fingerprint density at radius 2 is 2.06 bits per heavy atom. The zero-order valence-electron chi connectivity index (χ0n) is 11.1. The minimum Gasteiger partial charge on any atom is -0.368 e. The van der Waals surface area contributed by atoms with Crippen LogP contribution in [0.3, 0.4) is 0 Å². The Balaban J connectivity index is 2.25. The summed E-state index contributed by atoms with van der Waals surface area (Å²) in [5.74, 6) is -0.195. The fourth-order valence-corrected chi connectivity index (χ4v) is 2.27. The fourth-order valence-electron chi connectivity index (χ4n) is 1.63. The SMILES string of the molecule is CN(CCC(NC1CC1)C(N)=O)CCS(C)(=O)=O. The molecule has 0 heterocycles. The molecule has 1 fully saturated rings. The number of nitrogens with zero attached hydrogens (tertiary/aromatic N) is 1. The van der Waals surface area contributed by atoms with Crippen LogP contribution in [0.5, 0.6) is 0 Å². The minimum atomic E-state index is -2.93. The van der Waals surface area contributed by atoms with Crippen LogP contribution in [-0.2, 0) is 14.6 Å². The monoisotopic (exact) mass is 277 g/mol. The van der Waals surface area contributed by atoms with E-state index in [1.165, 1.54) is 6.26 Å². The normalized spacial score (nSPS) is 17.9. The Kier molecular flexibility index (Phi) is 5.55. The zero-order valence-corrected chi connectivity index (χ0v) is 11.9. The van der Waals surface area contributed by atoms with Crippen molar-refractivity contribution in [3.8, 4) is 0 Å². The van der Waals surface area contributed by atoms with E-state index >= 15 is 0 Å². The minimum absolute atomic E-state index is 0.140. The largest absolute Gasteiger partial charge is 0.368 e. The quantitative estimate of drug-likeness (QED) is 0.561. The Morgan fingerprint density at radius 3 is 2.50 bits per heavy atom. The number of rotatable bonds is 9. The molecule has 0 spiro atoms. The van der Waals surface area contributed by atoms with E-state index in [0.717, 1.165) is 12.8 Å². The molecule has 1 unspecified atom stereocenters. The fraction of sp³-hybridized carbons (Fsp3) is 0.909. The van der Waals surface area contributed by atoms with Gasteiger partial charge in [0.25, 0.3) is 0 Å². The molecule has 1 aliphatic carbocycles. The van der Waals surface area contributed by atoms with Gasteiger partial charge in [-0.05, 0) is 32.9 Å². The van der Waals surface area contributed by atoms with E-state index in [1.54, 1.807) is 0 Å². The average molecular weight is 277 g/mol. The van der Waals surface area contributed by atoms with Crippen LogP contribution in [0.15, 0.2) is 0 Å². The molecule has 0 saturated heterocycles. The van der Waals surface area contributed by atoms with Crippen LogP contribution < -0.4 is 11.1 Å². The molecule has 1 amide bonds. The first kappa shape index (κ1) is 15.4. The number of sulfone groups is 1. The number of carbonyl (C=O) groups excluding carboxylic acids is 1. The summed E-state index contributed by atoms with van der Waals surface area (Å²) in [7, 11) is -1.08. The molecule has 0 aliphatic heterocycles. The van der Waals surface area contributed by atoms with Gasteiger partial charge in [0.05, 0.1) is 11.8 Å². The molecular weight excluding hydrogens is 254 g/mol. The molecule has 0 radical (unpaired) electrons. The summed E-state index contributed by atoms with van der Waals surface area (Å²) in [4.78, 5) is 13.1. The van der Waals surface area contributed by atoms with Gasteiger partial charge in [-0.25, -0.2) is 8.42 Å². The van der Waals surface area contributed by atoms with Crippen molar-refractivity contribution >= 4 is 15.7 Å². The van der Waals surface area contributed by atoms with Crippen molar-refractivity contribution in [2.75, 3.05) is 32.1 Å². The van der Waals surface area contributed by atoms with E-state index < -0.39 is 9.84 Å². The predicted molar refractivity (Wildman–Crippen MR) is 71.0 cm³/mol. The molecule has 0 aromatic rings. The summed E-state index contributed by atoms with van der Waals surface area (Å²) in [6.07, 6.45) is 4.05. The van der Waals surface area contributed by atoms with Gasteiger partial charge < -0.3 is 16.0 Å². The van der Waals surface area contributed by atoms with E-state index in [2.05, 4.69) is 5.32 Å². The van der Waals surface area contributed by atoms with Gasteiger partial charge in [-0.3, -0.25) is 4.79 Å². The standard InChI is InChI=1S/C11H23N3O3S/c1-14(7-8-18(2,16)17)6-5-10(11(12)15)13-9-3-4-9/h9-10,13H,3-8H2,1-2H3,(H2,12,15). The van der Waals surface area contributed by atoms with Crippen LogP contribution in [0.2, 0.25) is 0 Å². The van der Waals surface area contributed by atoms with Crippen molar-refractivity contribution in [3.05, 3.63) is 0 Å². The van der Waals surface area contributed by atoms with Crippen LogP contribution in [0.1, 0.15) is 19.3 Å². The van der Waals surface area contributed by atoms with Crippen LogP contribution in [0.4, 0.5) is 0 Å². The highest BCUT2D eigenvalue weighted by molar-refractivity contribution is 7.90. The van der Waals surface area contributed by atoms with E-state index in [1.807, 2.05) is 11.9 Å². The van der Waals surface area contributed by atoms with Gasteiger partial charge in [0, 0.05) is 18.8 Å². The molecule has 1 atom stereocenters. The number of primary amides is 1. The number of hydrogen-bond donors (Lipinski definition) is 2. The van der Waals surface area contributed by atoms with Crippen molar-refractivity contribution in [1.29, 1.82) is 0 Å². The summed E-state index contributed by atoms with van der Waals surface area (Å²) in [5.41, 5.74) is 5.33. The molecule has 3 N–H and O–H groups in total. The third kappa shape index (κ3) is 6.93. The molecule has 1 aliphatic rings. The summed E-state index contributed by atoms with van der Waals surface area (Å²) < 4.78 is 22.0. The Labute approximate surface area is 109 Å². The molecule has 106 valence electrons. The van der Waals surface area contributed by atoms with E-state index in [-0.39, 0.29) is 17.7 Å². The van der Waals surface area contributed by atoms with Gasteiger partial charge in [-0.2, -0.15) is 0 Å². The molecule has 6 nitrogen and oxygen atoms in total. The number of nitrogens with one attached hydrogen (secondary N) is 1. The van der Waals surface area contributed by atoms with E-state index in [4.69, 9.17) is 5.73 Å². The van der Waals surface area contributed by atoms with E-state index in [9.17, 15) is 13.2 Å². The van der Waals surface area contributed by atoms with Crippen LogP contribution >= 0.6 is 0 Å². The molecule has 18 heavy (non-hydrogen) atoms. The molecule has 1 rings (SSSR count). The van der Waals surface area contributed by atoms with Gasteiger partial charge >= 0.3 is 0 Å². The van der Waals surface area contributed by atoms with Gasteiger partial charge in [-0.1, -0.05) is 0 Å². The topological polar surface area (TPSA) is 92.5 Å². The maximum Gasteiger partial charge on any atom is 0.234 e. The summed E-state index contributed by atoms with van der Waals surface area (Å²) in [6, 6.07) is 0.127. The van der Waals surface area contributed by atoms with Gasteiger partial charge in [0.2, 0.25) is 5.91 Å².